The number of hydrogen-bond donors (Lipinski definition) is 1. The van der Waals surface area contributed by atoms with E-state index in [9.17, 15) is 4.79 Å². The third kappa shape index (κ3) is 4.70. The number of carboxylic acid groups (broad SMARTS) is 1. The number of allylic oxidation sites excluding steroid dienone is 1. The summed E-state index contributed by atoms with van der Waals surface area (Å²) in [5.41, 5.74) is 0. The van der Waals surface area contributed by atoms with Gasteiger partial charge in [-0.3, -0.25) is 0 Å². The van der Waals surface area contributed by atoms with Gasteiger partial charge in [0.15, 0.2) is 0 Å². The minimum Gasteiger partial charge on any atom is -0.544 e. The van der Waals surface area contributed by atoms with E-state index in [4.69, 9.17) is 9.53 Å². The molecule has 0 amide bonds. The molecule has 0 spiro atoms. The summed E-state index contributed by atoms with van der Waals surface area (Å²) in [7, 11) is -1.90. The van der Waals surface area contributed by atoms with Crippen molar-refractivity contribution in [2.45, 2.75) is 52.2 Å². The summed E-state index contributed by atoms with van der Waals surface area (Å²) in [4.78, 5) is 10.3. The largest absolute Gasteiger partial charge is 0.544 e. The Balaban J connectivity index is 4.66. The molecule has 5 heteroatoms. The van der Waals surface area contributed by atoms with Crippen molar-refractivity contribution in [2.75, 3.05) is 0 Å². The first-order chi connectivity index (χ1) is 7.10. The van der Waals surface area contributed by atoms with Crippen molar-refractivity contribution in [1.82, 2.24) is 0 Å². The maximum absolute atomic E-state index is 10.3. The summed E-state index contributed by atoms with van der Waals surface area (Å²) >= 11 is 0. The van der Waals surface area contributed by atoms with Gasteiger partial charge >= 0.3 is 6.16 Å². The van der Waals surface area contributed by atoms with Crippen LogP contribution < -0.4 is 0 Å². The normalized spacial score (nSPS) is 13.5. The Morgan fingerprint density at radius 1 is 1.38 bits per heavy atom. The quantitative estimate of drug-likeness (QED) is 0.463. The first-order valence-electron chi connectivity index (χ1n) is 5.38. The van der Waals surface area contributed by atoms with Crippen LogP contribution in [-0.4, -0.2) is 19.6 Å². The predicted octanol–water partition coefficient (Wildman–Crippen LogP) is 3.95. The number of carbonyl (C=O) groups is 1. The third-order valence-electron chi connectivity index (χ3n) is 2.83. The smallest absolute Gasteiger partial charge is 0.510 e. The summed E-state index contributed by atoms with van der Waals surface area (Å²) in [5.74, 6) is 0.592. The lowest BCUT2D eigenvalue weighted by Gasteiger charge is -2.36. The Labute approximate surface area is 98.4 Å². The fourth-order valence-electron chi connectivity index (χ4n) is 0.777. The zero-order valence-corrected chi connectivity index (χ0v) is 12.0. The van der Waals surface area contributed by atoms with Crippen molar-refractivity contribution in [3.63, 3.8) is 0 Å². The maximum atomic E-state index is 10.3. The minimum atomic E-state index is -1.90. The van der Waals surface area contributed by atoms with Crippen LogP contribution in [0, 0.1) is 0 Å². The number of hydrogen-bond acceptors (Lipinski definition) is 3. The molecule has 0 saturated carbocycles. The van der Waals surface area contributed by atoms with Crippen LogP contribution in [0.4, 0.5) is 4.79 Å². The molecule has 0 aliphatic carbocycles. The van der Waals surface area contributed by atoms with Gasteiger partial charge in [0.05, 0.1) is 0 Å². The van der Waals surface area contributed by atoms with Crippen molar-refractivity contribution in [1.29, 1.82) is 0 Å². The molecule has 16 heavy (non-hydrogen) atoms. The van der Waals surface area contributed by atoms with Gasteiger partial charge in [0.1, 0.15) is 12.0 Å². The molecule has 0 aromatic rings. The lowest BCUT2D eigenvalue weighted by atomic mass is 10.2. The number of rotatable bonds is 4. The van der Waals surface area contributed by atoms with Crippen LogP contribution in [0.5, 0.6) is 0 Å². The highest BCUT2D eigenvalue weighted by molar-refractivity contribution is 6.74. The van der Waals surface area contributed by atoms with Crippen molar-refractivity contribution < 1.29 is 19.1 Å². The van der Waals surface area contributed by atoms with Gasteiger partial charge in [-0.15, -0.1) is 0 Å². The van der Waals surface area contributed by atoms with Gasteiger partial charge < -0.3 is 14.3 Å². The van der Waals surface area contributed by atoms with E-state index in [0.717, 1.165) is 0 Å². The van der Waals surface area contributed by atoms with Crippen molar-refractivity contribution in [3.05, 3.63) is 12.0 Å². The van der Waals surface area contributed by atoms with Gasteiger partial charge in [-0.25, -0.2) is 4.79 Å². The lowest BCUT2D eigenvalue weighted by Crippen LogP contribution is -2.40. The van der Waals surface area contributed by atoms with Crippen molar-refractivity contribution in [3.8, 4) is 0 Å². The second-order valence-electron chi connectivity index (χ2n) is 5.18. The minimum absolute atomic E-state index is 0.0878. The molecule has 0 atom stereocenters. The molecule has 1 N–H and O–H groups in total. The number of ether oxygens (including phenoxy) is 1. The highest BCUT2D eigenvalue weighted by Crippen LogP contribution is 2.38. The molecule has 0 aliphatic rings. The van der Waals surface area contributed by atoms with Gasteiger partial charge in [-0.2, -0.15) is 0 Å². The molecule has 0 fully saturated rings. The molecule has 0 bridgehead atoms. The van der Waals surface area contributed by atoms with E-state index >= 15 is 0 Å². The maximum Gasteiger partial charge on any atom is 0.510 e. The van der Waals surface area contributed by atoms with E-state index in [-0.39, 0.29) is 5.04 Å². The zero-order valence-electron chi connectivity index (χ0n) is 11.0. The molecular weight excluding hydrogens is 224 g/mol. The molecule has 0 aromatic heterocycles. The molecule has 4 nitrogen and oxygen atoms in total. The first-order valence-corrected chi connectivity index (χ1v) is 8.28. The summed E-state index contributed by atoms with van der Waals surface area (Å²) in [6.07, 6.45) is 0.493. The van der Waals surface area contributed by atoms with Crippen LogP contribution in [0.3, 0.4) is 0 Å². The summed E-state index contributed by atoms with van der Waals surface area (Å²) in [6, 6.07) is 0. The van der Waals surface area contributed by atoms with E-state index in [1.54, 1.807) is 0 Å². The summed E-state index contributed by atoms with van der Waals surface area (Å²) in [5, 5.41) is 8.49. The molecule has 0 radical (unpaired) electrons. The average molecular weight is 246 g/mol. The monoisotopic (exact) mass is 246 g/mol. The van der Waals surface area contributed by atoms with E-state index in [1.165, 1.54) is 6.26 Å². The van der Waals surface area contributed by atoms with Crippen molar-refractivity contribution in [2.24, 2.45) is 0 Å². The molecule has 0 unspecified atom stereocenters. The van der Waals surface area contributed by atoms with Crippen LogP contribution in [-0.2, 0) is 9.16 Å². The van der Waals surface area contributed by atoms with Gasteiger partial charge in [-0.1, -0.05) is 27.7 Å². The van der Waals surface area contributed by atoms with Gasteiger partial charge in [-0.05, 0) is 18.1 Å². The molecule has 0 heterocycles. The van der Waals surface area contributed by atoms with Crippen LogP contribution in [0.2, 0.25) is 18.1 Å². The highest BCUT2D eigenvalue weighted by Gasteiger charge is 2.39. The van der Waals surface area contributed by atoms with E-state index < -0.39 is 14.5 Å². The average Bonchev–Trinajstić information content (AvgIpc) is 2.09. The van der Waals surface area contributed by atoms with Gasteiger partial charge in [0.2, 0.25) is 8.32 Å². The van der Waals surface area contributed by atoms with Crippen LogP contribution >= 0.6 is 0 Å². The fourth-order valence-corrected chi connectivity index (χ4v) is 1.93. The summed E-state index contributed by atoms with van der Waals surface area (Å²) in [6.45, 7) is 12.5. The Morgan fingerprint density at radius 2 is 1.88 bits per heavy atom. The van der Waals surface area contributed by atoms with E-state index in [2.05, 4.69) is 38.6 Å². The standard InChI is InChI=1S/C11H22O4Si/c1-7-9(8-14-10(12)13)15-16(5,6)11(2,3)4/h8H,7H2,1-6H3,(H,12,13). The Bertz CT molecular complexity index is 276. The van der Waals surface area contributed by atoms with Crippen molar-refractivity contribution >= 4 is 14.5 Å². The SMILES string of the molecule is CCC(=COC(=O)O)O[Si](C)(C)C(C)(C)C. The molecule has 0 aromatic carbocycles. The highest BCUT2D eigenvalue weighted by atomic mass is 28.4. The second kappa shape index (κ2) is 5.38. The Kier molecular flexibility index (Phi) is 5.06. The van der Waals surface area contributed by atoms with Crippen LogP contribution in [0.1, 0.15) is 34.1 Å². The van der Waals surface area contributed by atoms with Crippen LogP contribution in [0.25, 0.3) is 0 Å². The van der Waals surface area contributed by atoms with Gasteiger partial charge in [0, 0.05) is 6.42 Å². The molecule has 0 rings (SSSR count). The molecule has 0 aliphatic heterocycles. The zero-order chi connectivity index (χ0) is 13.0. The van der Waals surface area contributed by atoms with Gasteiger partial charge in [0.25, 0.3) is 0 Å². The Hall–Kier alpha value is -0.973. The first kappa shape index (κ1) is 15.0. The topological polar surface area (TPSA) is 55.8 Å². The Morgan fingerprint density at radius 3 is 2.19 bits per heavy atom. The van der Waals surface area contributed by atoms with E-state index in [0.29, 0.717) is 12.2 Å². The molecule has 0 saturated heterocycles. The predicted molar refractivity (Wildman–Crippen MR) is 65.8 cm³/mol. The molecular formula is C11H22O4Si. The fraction of sp³-hybridized carbons (Fsp3) is 0.727. The third-order valence-corrected chi connectivity index (χ3v) is 7.22. The lowest BCUT2D eigenvalue weighted by molar-refractivity contribution is 0.124. The van der Waals surface area contributed by atoms with Crippen LogP contribution in [0.15, 0.2) is 12.0 Å². The summed E-state index contributed by atoms with van der Waals surface area (Å²) < 4.78 is 10.3. The molecule has 94 valence electrons. The van der Waals surface area contributed by atoms with E-state index in [1.807, 2.05) is 6.92 Å². The second-order valence-corrected chi connectivity index (χ2v) is 9.91.